The summed E-state index contributed by atoms with van der Waals surface area (Å²) < 4.78 is 30.8. The molecule has 2 rings (SSSR count). The molecular formula is C14H22O8. The van der Waals surface area contributed by atoms with Crippen molar-refractivity contribution >= 4 is 11.9 Å². The van der Waals surface area contributed by atoms with E-state index in [0.29, 0.717) is 39.3 Å². The standard InChI is InChI=1S/C14H22O8/c15-11(21-13-9-17-5-7-19-13)3-1-2-4-12(16)22-14-10-18-6-8-20-14/h13-14H,1-10H2. The molecule has 0 aliphatic carbocycles. The van der Waals surface area contributed by atoms with Gasteiger partial charge in [0.2, 0.25) is 12.6 Å². The van der Waals surface area contributed by atoms with Crippen LogP contribution in [0.5, 0.6) is 0 Å². The Bertz CT molecular complexity index is 313. The van der Waals surface area contributed by atoms with Crippen LogP contribution in [0.25, 0.3) is 0 Å². The summed E-state index contributed by atoms with van der Waals surface area (Å²) >= 11 is 0. The van der Waals surface area contributed by atoms with Crippen molar-refractivity contribution in [3.63, 3.8) is 0 Å². The quantitative estimate of drug-likeness (QED) is 0.491. The number of rotatable bonds is 7. The van der Waals surface area contributed by atoms with Gasteiger partial charge in [-0.2, -0.15) is 0 Å². The third-order valence-corrected chi connectivity index (χ3v) is 3.11. The van der Waals surface area contributed by atoms with Crippen molar-refractivity contribution in [1.82, 2.24) is 0 Å². The van der Waals surface area contributed by atoms with E-state index < -0.39 is 12.6 Å². The molecule has 0 saturated carbocycles. The van der Waals surface area contributed by atoms with Crippen LogP contribution in [0.3, 0.4) is 0 Å². The molecule has 0 radical (unpaired) electrons. The first kappa shape index (κ1) is 17.1. The Balaban J connectivity index is 1.48. The van der Waals surface area contributed by atoms with Gasteiger partial charge in [-0.05, 0) is 12.8 Å². The molecule has 22 heavy (non-hydrogen) atoms. The van der Waals surface area contributed by atoms with Gasteiger partial charge in [0.05, 0.1) is 26.4 Å². The SMILES string of the molecule is O=C(CCCCC(=O)OC1COCCO1)OC1COCCO1. The van der Waals surface area contributed by atoms with Crippen molar-refractivity contribution in [1.29, 1.82) is 0 Å². The zero-order valence-electron chi connectivity index (χ0n) is 12.5. The second kappa shape index (κ2) is 9.73. The molecule has 0 bridgehead atoms. The van der Waals surface area contributed by atoms with Crippen molar-refractivity contribution in [3.8, 4) is 0 Å². The molecule has 126 valence electrons. The highest BCUT2D eigenvalue weighted by Crippen LogP contribution is 2.09. The van der Waals surface area contributed by atoms with Gasteiger partial charge in [0.1, 0.15) is 13.2 Å². The van der Waals surface area contributed by atoms with Crippen LogP contribution in [-0.2, 0) is 38.0 Å². The molecule has 2 aliphatic rings. The third kappa shape index (κ3) is 6.69. The summed E-state index contributed by atoms with van der Waals surface area (Å²) in [6.45, 7) is 2.42. The Labute approximate surface area is 128 Å². The second-order valence-electron chi connectivity index (χ2n) is 4.94. The first-order valence-corrected chi connectivity index (χ1v) is 7.51. The fourth-order valence-electron chi connectivity index (χ4n) is 2.02. The highest BCUT2D eigenvalue weighted by molar-refractivity contribution is 5.70. The zero-order valence-corrected chi connectivity index (χ0v) is 12.5. The highest BCUT2D eigenvalue weighted by atomic mass is 16.7. The van der Waals surface area contributed by atoms with E-state index in [1.54, 1.807) is 0 Å². The van der Waals surface area contributed by atoms with Gasteiger partial charge < -0.3 is 28.4 Å². The molecule has 2 fully saturated rings. The van der Waals surface area contributed by atoms with E-state index >= 15 is 0 Å². The highest BCUT2D eigenvalue weighted by Gasteiger charge is 2.20. The van der Waals surface area contributed by atoms with E-state index in [-0.39, 0.29) is 38.0 Å². The van der Waals surface area contributed by atoms with Crippen LogP contribution in [0.15, 0.2) is 0 Å². The van der Waals surface area contributed by atoms with Crippen LogP contribution < -0.4 is 0 Å². The summed E-state index contributed by atoms with van der Waals surface area (Å²) in [4.78, 5) is 23.1. The molecule has 0 N–H and O–H groups in total. The topological polar surface area (TPSA) is 89.5 Å². The van der Waals surface area contributed by atoms with Crippen LogP contribution in [0.2, 0.25) is 0 Å². The number of hydrogen-bond acceptors (Lipinski definition) is 8. The van der Waals surface area contributed by atoms with Gasteiger partial charge in [-0.15, -0.1) is 0 Å². The van der Waals surface area contributed by atoms with Crippen LogP contribution >= 0.6 is 0 Å². The number of ether oxygens (including phenoxy) is 6. The number of hydrogen-bond donors (Lipinski definition) is 0. The lowest BCUT2D eigenvalue weighted by Crippen LogP contribution is -2.33. The Morgan fingerprint density at radius 2 is 1.23 bits per heavy atom. The normalized spacial score (nSPS) is 25.5. The van der Waals surface area contributed by atoms with Gasteiger partial charge in [-0.1, -0.05) is 0 Å². The van der Waals surface area contributed by atoms with Gasteiger partial charge in [0.25, 0.3) is 0 Å². The van der Waals surface area contributed by atoms with E-state index in [2.05, 4.69) is 0 Å². The Morgan fingerprint density at radius 1 is 0.773 bits per heavy atom. The fraction of sp³-hybridized carbons (Fsp3) is 0.857. The van der Waals surface area contributed by atoms with E-state index in [9.17, 15) is 9.59 Å². The van der Waals surface area contributed by atoms with Gasteiger partial charge >= 0.3 is 11.9 Å². The molecule has 0 spiro atoms. The monoisotopic (exact) mass is 318 g/mol. The number of esters is 2. The molecule has 2 unspecified atom stereocenters. The minimum atomic E-state index is -0.616. The molecule has 2 aliphatic heterocycles. The maximum atomic E-state index is 11.6. The summed E-state index contributed by atoms with van der Waals surface area (Å²) in [7, 11) is 0. The van der Waals surface area contributed by atoms with Crippen LogP contribution in [0.4, 0.5) is 0 Å². The summed E-state index contributed by atoms with van der Waals surface area (Å²) in [5, 5.41) is 0. The summed E-state index contributed by atoms with van der Waals surface area (Å²) in [5.74, 6) is -0.708. The zero-order chi connectivity index (χ0) is 15.6. The summed E-state index contributed by atoms with van der Waals surface area (Å²) in [6.07, 6.45) is 0.323. The fourth-order valence-corrected chi connectivity index (χ4v) is 2.02. The van der Waals surface area contributed by atoms with Crippen molar-refractivity contribution in [2.75, 3.05) is 39.6 Å². The number of carbonyl (C=O) groups is 2. The Morgan fingerprint density at radius 3 is 1.59 bits per heavy atom. The third-order valence-electron chi connectivity index (χ3n) is 3.11. The average Bonchev–Trinajstić information content (AvgIpc) is 2.53. The molecule has 8 heteroatoms. The molecular weight excluding hydrogens is 296 g/mol. The van der Waals surface area contributed by atoms with Gasteiger partial charge in [0.15, 0.2) is 0 Å². The molecule has 0 aromatic heterocycles. The van der Waals surface area contributed by atoms with E-state index in [1.165, 1.54) is 0 Å². The lowest BCUT2D eigenvalue weighted by molar-refractivity contribution is -0.215. The first-order chi connectivity index (χ1) is 10.7. The van der Waals surface area contributed by atoms with Crippen molar-refractivity contribution < 1.29 is 38.0 Å². The summed E-state index contributed by atoms with van der Waals surface area (Å²) in [6, 6.07) is 0. The maximum absolute atomic E-state index is 11.6. The van der Waals surface area contributed by atoms with Crippen molar-refractivity contribution in [2.24, 2.45) is 0 Å². The summed E-state index contributed by atoms with van der Waals surface area (Å²) in [5.41, 5.74) is 0. The Kier molecular flexibility index (Phi) is 7.58. The molecule has 0 amide bonds. The molecule has 8 nitrogen and oxygen atoms in total. The number of unbranched alkanes of at least 4 members (excludes halogenated alkanes) is 1. The lowest BCUT2D eigenvalue weighted by atomic mass is 10.2. The first-order valence-electron chi connectivity index (χ1n) is 7.51. The minimum Gasteiger partial charge on any atom is -0.433 e. The smallest absolute Gasteiger partial charge is 0.308 e. The lowest BCUT2D eigenvalue weighted by Gasteiger charge is -2.23. The van der Waals surface area contributed by atoms with Crippen LogP contribution in [0, 0.1) is 0 Å². The predicted octanol–water partition coefficient (Wildman–Crippen LogP) is 0.379. The van der Waals surface area contributed by atoms with E-state index in [4.69, 9.17) is 28.4 Å². The average molecular weight is 318 g/mol. The molecule has 2 atom stereocenters. The van der Waals surface area contributed by atoms with Gasteiger partial charge in [-0.25, -0.2) is 0 Å². The van der Waals surface area contributed by atoms with Crippen LogP contribution in [-0.4, -0.2) is 64.2 Å². The number of carbonyl (C=O) groups excluding carboxylic acids is 2. The van der Waals surface area contributed by atoms with Crippen molar-refractivity contribution in [2.45, 2.75) is 38.3 Å². The molecule has 2 saturated heterocycles. The van der Waals surface area contributed by atoms with Gasteiger partial charge in [-0.3, -0.25) is 9.59 Å². The Hall–Kier alpha value is -1.22. The van der Waals surface area contributed by atoms with E-state index in [0.717, 1.165) is 0 Å². The second-order valence-corrected chi connectivity index (χ2v) is 4.94. The minimum absolute atomic E-state index is 0.232. The van der Waals surface area contributed by atoms with E-state index in [1.807, 2.05) is 0 Å². The largest absolute Gasteiger partial charge is 0.433 e. The molecule has 0 aromatic carbocycles. The molecule has 0 aromatic rings. The molecule has 2 heterocycles. The van der Waals surface area contributed by atoms with Gasteiger partial charge in [0, 0.05) is 12.8 Å². The van der Waals surface area contributed by atoms with Crippen molar-refractivity contribution in [3.05, 3.63) is 0 Å². The van der Waals surface area contributed by atoms with Crippen LogP contribution in [0.1, 0.15) is 25.7 Å². The predicted molar refractivity (Wildman–Crippen MR) is 71.8 cm³/mol. The maximum Gasteiger partial charge on any atom is 0.308 e.